The Kier molecular flexibility index (Phi) is 8.04. The molecule has 2 bridgehead atoms. The summed E-state index contributed by atoms with van der Waals surface area (Å²) >= 11 is 0. The number of likely N-dealkylation sites (tertiary alicyclic amines) is 1. The zero-order valence-corrected chi connectivity index (χ0v) is 21.0. The third-order valence-corrected chi connectivity index (χ3v) is 9.64. The molecule has 0 aromatic heterocycles. The summed E-state index contributed by atoms with van der Waals surface area (Å²) in [7, 11) is -1.89. The van der Waals surface area contributed by atoms with E-state index in [1.807, 2.05) is 12.1 Å². The van der Waals surface area contributed by atoms with Crippen LogP contribution in [0.5, 0.6) is 0 Å². The number of sulfonamides is 1. The molecular weight excluding hydrogens is 436 g/mol. The first-order valence-electron chi connectivity index (χ1n) is 12.9. The molecule has 0 spiro atoms. The van der Waals surface area contributed by atoms with Crippen LogP contribution >= 0.6 is 0 Å². The highest BCUT2D eigenvalue weighted by molar-refractivity contribution is 7.92. The zero-order valence-electron chi connectivity index (χ0n) is 20.2. The summed E-state index contributed by atoms with van der Waals surface area (Å²) in [4.78, 5) is 2.67. The van der Waals surface area contributed by atoms with E-state index in [4.69, 9.17) is 4.74 Å². The highest BCUT2D eigenvalue weighted by atomic mass is 32.2. The Balaban J connectivity index is 1.37. The van der Waals surface area contributed by atoms with Crippen molar-refractivity contribution < 1.29 is 18.3 Å². The molecule has 2 aliphatic carbocycles. The van der Waals surface area contributed by atoms with Crippen LogP contribution in [0.2, 0.25) is 0 Å². The van der Waals surface area contributed by atoms with E-state index in [1.165, 1.54) is 51.2 Å². The predicted molar refractivity (Wildman–Crippen MR) is 133 cm³/mol. The van der Waals surface area contributed by atoms with E-state index >= 15 is 0 Å². The van der Waals surface area contributed by atoms with Gasteiger partial charge < -0.3 is 14.7 Å². The van der Waals surface area contributed by atoms with Gasteiger partial charge in [0.25, 0.3) is 0 Å². The van der Waals surface area contributed by atoms with E-state index in [1.54, 1.807) is 0 Å². The molecule has 3 aliphatic rings. The number of ether oxygens (including phenoxy) is 1. The minimum absolute atomic E-state index is 0.0367. The fraction of sp³-hybridized carbons (Fsp3) is 0.769. The molecule has 1 saturated heterocycles. The first kappa shape index (κ1) is 25.0. The van der Waals surface area contributed by atoms with E-state index in [0.29, 0.717) is 11.7 Å². The number of hydrogen-bond donors (Lipinski definition) is 2. The second-order valence-electron chi connectivity index (χ2n) is 10.7. The minimum atomic E-state index is -3.40. The van der Waals surface area contributed by atoms with Gasteiger partial charge in [-0.1, -0.05) is 37.8 Å². The summed E-state index contributed by atoms with van der Waals surface area (Å²) < 4.78 is 32.3. The lowest BCUT2D eigenvalue weighted by molar-refractivity contribution is -0.0124. The molecule has 2 atom stereocenters. The molecule has 186 valence electrons. The summed E-state index contributed by atoms with van der Waals surface area (Å²) in [6.45, 7) is 2.36. The highest BCUT2D eigenvalue weighted by Gasteiger charge is 2.43. The van der Waals surface area contributed by atoms with E-state index in [2.05, 4.69) is 21.8 Å². The second kappa shape index (κ2) is 10.6. The maximum atomic E-state index is 12.3. The predicted octanol–water partition coefficient (Wildman–Crippen LogP) is 4.44. The standard InChI is InChI=1S/C26H42N2O4S/c1-32-18-19-33(30,31)27-23-9-5-8-22(20-23)25-11-6-10-24(21-25)28(17-15-25)16-7-14-26(29)12-3-2-4-13-26/h5,8-9,20,24,27,29H,2-4,6-7,10-19,21H2,1H3. The largest absolute Gasteiger partial charge is 0.390 e. The summed E-state index contributed by atoms with van der Waals surface area (Å²) in [6.07, 6.45) is 13.5. The fourth-order valence-electron chi connectivity index (χ4n) is 6.52. The Morgan fingerprint density at radius 3 is 2.76 bits per heavy atom. The maximum Gasteiger partial charge on any atom is 0.234 e. The lowest BCUT2D eigenvalue weighted by atomic mass is 9.63. The summed E-state index contributed by atoms with van der Waals surface area (Å²) in [5.41, 5.74) is 1.66. The molecule has 3 fully saturated rings. The van der Waals surface area contributed by atoms with E-state index in [9.17, 15) is 13.5 Å². The fourth-order valence-corrected chi connectivity index (χ4v) is 7.49. The molecular formula is C26H42N2O4S. The number of nitrogens with zero attached hydrogens (tertiary/aromatic N) is 1. The van der Waals surface area contributed by atoms with Crippen molar-refractivity contribution in [3.63, 3.8) is 0 Å². The van der Waals surface area contributed by atoms with Gasteiger partial charge in [-0.2, -0.15) is 0 Å². The number of rotatable bonds is 10. The van der Waals surface area contributed by atoms with Crippen LogP contribution < -0.4 is 4.72 Å². The minimum Gasteiger partial charge on any atom is -0.390 e. The number of piperidine rings is 1. The number of methoxy groups -OCH3 is 1. The van der Waals surface area contributed by atoms with Gasteiger partial charge in [-0.05, 0) is 87.6 Å². The van der Waals surface area contributed by atoms with Crippen molar-refractivity contribution in [1.29, 1.82) is 0 Å². The van der Waals surface area contributed by atoms with Crippen molar-refractivity contribution in [2.24, 2.45) is 0 Å². The first-order chi connectivity index (χ1) is 15.8. The van der Waals surface area contributed by atoms with Crippen LogP contribution in [0.25, 0.3) is 0 Å². The Morgan fingerprint density at radius 1 is 1.15 bits per heavy atom. The van der Waals surface area contributed by atoms with Crippen LogP contribution in [0, 0.1) is 0 Å². The Hall–Kier alpha value is -1.15. The van der Waals surface area contributed by atoms with Crippen LogP contribution in [0.3, 0.4) is 0 Å². The van der Waals surface area contributed by atoms with Gasteiger partial charge in [-0.15, -0.1) is 0 Å². The lowest BCUT2D eigenvalue weighted by Crippen LogP contribution is -2.52. The van der Waals surface area contributed by atoms with Crippen LogP contribution in [0.15, 0.2) is 24.3 Å². The second-order valence-corrected chi connectivity index (χ2v) is 12.5. The number of anilines is 1. The normalized spacial score (nSPS) is 27.9. The molecule has 2 N–H and O–H groups in total. The SMILES string of the molecule is COCCS(=O)(=O)Nc1cccc(C23CCCC(C2)N(CCCC2(O)CCCCC2)CC3)c1. The van der Waals surface area contributed by atoms with Crippen LogP contribution in [-0.2, 0) is 20.2 Å². The highest BCUT2D eigenvalue weighted by Crippen LogP contribution is 2.47. The van der Waals surface area contributed by atoms with Crippen molar-refractivity contribution in [2.45, 2.75) is 94.1 Å². The third kappa shape index (κ3) is 6.30. The van der Waals surface area contributed by atoms with Crippen LogP contribution in [0.4, 0.5) is 5.69 Å². The first-order valence-corrected chi connectivity index (χ1v) is 14.5. The smallest absolute Gasteiger partial charge is 0.234 e. The van der Waals surface area contributed by atoms with Gasteiger partial charge in [0.2, 0.25) is 10.0 Å². The van der Waals surface area contributed by atoms with E-state index < -0.39 is 15.6 Å². The number of fused-ring (bicyclic) bond motifs is 2. The van der Waals surface area contributed by atoms with Crippen LogP contribution in [0.1, 0.15) is 82.6 Å². The molecule has 33 heavy (non-hydrogen) atoms. The topological polar surface area (TPSA) is 78.9 Å². The van der Waals surface area contributed by atoms with Gasteiger partial charge in [0.15, 0.2) is 0 Å². The molecule has 0 amide bonds. The molecule has 0 radical (unpaired) electrons. The number of aliphatic hydroxyl groups is 1. The van der Waals surface area contributed by atoms with Crippen molar-refractivity contribution in [3.05, 3.63) is 29.8 Å². The Bertz CT molecular complexity index is 884. The average Bonchev–Trinajstić information content (AvgIpc) is 2.80. The van der Waals surface area contributed by atoms with Gasteiger partial charge in [-0.25, -0.2) is 8.42 Å². The third-order valence-electron chi connectivity index (χ3n) is 8.39. The molecule has 1 aromatic carbocycles. The average molecular weight is 479 g/mol. The molecule has 2 saturated carbocycles. The van der Waals surface area contributed by atoms with E-state index in [0.717, 1.165) is 51.6 Å². The van der Waals surface area contributed by atoms with Gasteiger partial charge in [0.05, 0.1) is 18.0 Å². The quantitative estimate of drug-likeness (QED) is 0.520. The molecule has 2 unspecified atom stereocenters. The lowest BCUT2D eigenvalue weighted by Gasteiger charge is -2.51. The van der Waals surface area contributed by atoms with Gasteiger partial charge in [0, 0.05) is 18.8 Å². The van der Waals surface area contributed by atoms with Gasteiger partial charge >= 0.3 is 0 Å². The van der Waals surface area contributed by atoms with E-state index in [-0.39, 0.29) is 17.8 Å². The summed E-state index contributed by atoms with van der Waals surface area (Å²) in [5, 5.41) is 10.8. The van der Waals surface area contributed by atoms with Gasteiger partial charge in [-0.3, -0.25) is 4.72 Å². The van der Waals surface area contributed by atoms with Crippen molar-refractivity contribution in [3.8, 4) is 0 Å². The Morgan fingerprint density at radius 2 is 1.97 bits per heavy atom. The summed E-state index contributed by atoms with van der Waals surface area (Å²) in [6, 6.07) is 8.66. The summed E-state index contributed by atoms with van der Waals surface area (Å²) in [5.74, 6) is -0.0367. The molecule has 1 aromatic rings. The Labute approximate surface area is 200 Å². The molecule has 1 aliphatic heterocycles. The monoisotopic (exact) mass is 478 g/mol. The number of benzene rings is 1. The zero-order chi connectivity index (χ0) is 23.4. The molecule has 7 heteroatoms. The number of hydrogen-bond acceptors (Lipinski definition) is 5. The molecule has 6 nitrogen and oxygen atoms in total. The van der Waals surface area contributed by atoms with Crippen LogP contribution in [-0.4, -0.2) is 62.6 Å². The van der Waals surface area contributed by atoms with Crippen molar-refractivity contribution in [1.82, 2.24) is 4.90 Å². The molecule has 4 rings (SSSR count). The molecule has 1 heterocycles. The van der Waals surface area contributed by atoms with Crippen molar-refractivity contribution in [2.75, 3.05) is 37.3 Å². The van der Waals surface area contributed by atoms with Crippen molar-refractivity contribution >= 4 is 15.7 Å². The van der Waals surface area contributed by atoms with Gasteiger partial charge in [0.1, 0.15) is 0 Å². The maximum absolute atomic E-state index is 12.3. The number of nitrogens with one attached hydrogen (secondary N) is 1.